The molecular formula is C16H18N2O2S. The van der Waals surface area contributed by atoms with Gasteiger partial charge in [0, 0.05) is 17.5 Å². The summed E-state index contributed by atoms with van der Waals surface area (Å²) in [5.74, 6) is -0.391. The third-order valence-corrected chi connectivity index (χ3v) is 4.50. The van der Waals surface area contributed by atoms with Gasteiger partial charge >= 0.3 is 0 Å². The van der Waals surface area contributed by atoms with Gasteiger partial charge in [-0.1, -0.05) is 17.7 Å². The van der Waals surface area contributed by atoms with E-state index in [-0.39, 0.29) is 11.8 Å². The maximum atomic E-state index is 12.3. The number of nitrogens with one attached hydrogen (secondary N) is 2. The first kappa shape index (κ1) is 15.3. The first-order valence-corrected chi connectivity index (χ1v) is 7.45. The molecule has 0 fully saturated rings. The molecule has 2 rings (SSSR count). The van der Waals surface area contributed by atoms with Gasteiger partial charge in [0.05, 0.1) is 5.56 Å². The van der Waals surface area contributed by atoms with Crippen LogP contribution in [-0.4, -0.2) is 18.9 Å². The van der Waals surface area contributed by atoms with Gasteiger partial charge in [0.2, 0.25) is 0 Å². The normalized spacial score (nSPS) is 10.3. The van der Waals surface area contributed by atoms with Crippen LogP contribution in [0.3, 0.4) is 0 Å². The molecule has 0 aliphatic heterocycles. The van der Waals surface area contributed by atoms with Gasteiger partial charge in [0.25, 0.3) is 11.8 Å². The monoisotopic (exact) mass is 302 g/mol. The minimum Gasteiger partial charge on any atom is -0.355 e. The standard InChI is InChI=1S/C16H18N2O2S/c1-9-5-7-12(8-6-9)14(19)18-16-13(15(20)17-4)10(2)11(3)21-16/h5-8H,1-4H3,(H,17,20)(H,18,19). The quantitative estimate of drug-likeness (QED) is 0.914. The topological polar surface area (TPSA) is 58.2 Å². The number of rotatable bonds is 3. The molecule has 21 heavy (non-hydrogen) atoms. The highest BCUT2D eigenvalue weighted by Crippen LogP contribution is 2.32. The van der Waals surface area contributed by atoms with Crippen molar-refractivity contribution >= 4 is 28.2 Å². The zero-order valence-electron chi connectivity index (χ0n) is 12.5. The van der Waals surface area contributed by atoms with Crippen LogP contribution < -0.4 is 10.6 Å². The molecular weight excluding hydrogens is 284 g/mol. The van der Waals surface area contributed by atoms with Crippen molar-refractivity contribution in [2.75, 3.05) is 12.4 Å². The summed E-state index contributed by atoms with van der Waals surface area (Å²) in [6.45, 7) is 5.79. The average Bonchev–Trinajstić information content (AvgIpc) is 2.73. The van der Waals surface area contributed by atoms with Gasteiger partial charge in [0.15, 0.2) is 0 Å². The van der Waals surface area contributed by atoms with E-state index in [4.69, 9.17) is 0 Å². The number of hydrogen-bond donors (Lipinski definition) is 2. The lowest BCUT2D eigenvalue weighted by molar-refractivity contribution is 0.0963. The maximum Gasteiger partial charge on any atom is 0.256 e. The van der Waals surface area contributed by atoms with E-state index in [0.29, 0.717) is 16.1 Å². The predicted molar refractivity (Wildman–Crippen MR) is 86.3 cm³/mol. The van der Waals surface area contributed by atoms with E-state index in [1.165, 1.54) is 11.3 Å². The summed E-state index contributed by atoms with van der Waals surface area (Å²) >= 11 is 1.42. The Kier molecular flexibility index (Phi) is 4.43. The van der Waals surface area contributed by atoms with E-state index in [1.54, 1.807) is 19.2 Å². The number of thiophene rings is 1. The SMILES string of the molecule is CNC(=O)c1c(NC(=O)c2ccc(C)cc2)sc(C)c1C. The van der Waals surface area contributed by atoms with Crippen LogP contribution in [0.5, 0.6) is 0 Å². The van der Waals surface area contributed by atoms with Crippen LogP contribution in [0.2, 0.25) is 0 Å². The Hall–Kier alpha value is -2.14. The Labute approximate surface area is 128 Å². The van der Waals surface area contributed by atoms with Crippen molar-refractivity contribution in [3.63, 3.8) is 0 Å². The first-order chi connectivity index (χ1) is 9.93. The van der Waals surface area contributed by atoms with Gasteiger partial charge in [-0.15, -0.1) is 11.3 Å². The van der Waals surface area contributed by atoms with Gasteiger partial charge in [-0.2, -0.15) is 0 Å². The highest BCUT2D eigenvalue weighted by molar-refractivity contribution is 7.16. The number of amides is 2. The van der Waals surface area contributed by atoms with Gasteiger partial charge in [-0.05, 0) is 38.5 Å². The van der Waals surface area contributed by atoms with Crippen molar-refractivity contribution in [3.8, 4) is 0 Å². The van der Waals surface area contributed by atoms with Gasteiger partial charge < -0.3 is 10.6 Å². The summed E-state index contributed by atoms with van der Waals surface area (Å²) in [4.78, 5) is 25.3. The minimum absolute atomic E-state index is 0.184. The van der Waals surface area contributed by atoms with E-state index in [1.807, 2.05) is 32.9 Å². The molecule has 0 aliphatic carbocycles. The first-order valence-electron chi connectivity index (χ1n) is 6.64. The number of benzene rings is 1. The van der Waals surface area contributed by atoms with E-state index in [2.05, 4.69) is 10.6 Å². The van der Waals surface area contributed by atoms with Crippen LogP contribution in [0.25, 0.3) is 0 Å². The van der Waals surface area contributed by atoms with Crippen LogP contribution in [0, 0.1) is 20.8 Å². The van der Waals surface area contributed by atoms with Crippen LogP contribution in [0.15, 0.2) is 24.3 Å². The lowest BCUT2D eigenvalue weighted by Gasteiger charge is -2.07. The highest BCUT2D eigenvalue weighted by atomic mass is 32.1. The average molecular weight is 302 g/mol. The fourth-order valence-corrected chi connectivity index (χ4v) is 3.05. The Balaban J connectivity index is 2.31. The molecule has 5 heteroatoms. The molecule has 0 unspecified atom stereocenters. The van der Waals surface area contributed by atoms with Gasteiger partial charge in [-0.3, -0.25) is 9.59 Å². The molecule has 0 aliphatic rings. The zero-order valence-corrected chi connectivity index (χ0v) is 13.4. The summed E-state index contributed by atoms with van der Waals surface area (Å²) in [5.41, 5.74) is 3.12. The molecule has 1 heterocycles. The summed E-state index contributed by atoms with van der Waals surface area (Å²) in [5, 5.41) is 6.05. The second kappa shape index (κ2) is 6.10. The zero-order chi connectivity index (χ0) is 15.6. The second-order valence-electron chi connectivity index (χ2n) is 4.89. The van der Waals surface area contributed by atoms with Gasteiger partial charge in [0.1, 0.15) is 5.00 Å². The van der Waals surface area contributed by atoms with Crippen molar-refractivity contribution < 1.29 is 9.59 Å². The molecule has 0 saturated carbocycles. The summed E-state index contributed by atoms with van der Waals surface area (Å²) in [6.07, 6.45) is 0. The van der Waals surface area contributed by atoms with Crippen LogP contribution in [0.4, 0.5) is 5.00 Å². The number of carbonyl (C=O) groups is 2. The summed E-state index contributed by atoms with van der Waals surface area (Å²) in [7, 11) is 1.58. The molecule has 0 radical (unpaired) electrons. The molecule has 0 saturated heterocycles. The molecule has 1 aromatic carbocycles. The molecule has 110 valence electrons. The van der Waals surface area contributed by atoms with Crippen LogP contribution in [-0.2, 0) is 0 Å². The molecule has 0 bridgehead atoms. The van der Waals surface area contributed by atoms with E-state index in [9.17, 15) is 9.59 Å². The molecule has 1 aromatic heterocycles. The third kappa shape index (κ3) is 3.13. The highest BCUT2D eigenvalue weighted by Gasteiger charge is 2.20. The second-order valence-corrected chi connectivity index (χ2v) is 6.11. The number of aryl methyl sites for hydroxylation is 2. The number of carbonyl (C=O) groups excluding carboxylic acids is 2. The largest absolute Gasteiger partial charge is 0.355 e. The number of hydrogen-bond acceptors (Lipinski definition) is 3. The Morgan fingerprint density at radius 3 is 2.19 bits per heavy atom. The molecule has 4 nitrogen and oxygen atoms in total. The van der Waals surface area contributed by atoms with Gasteiger partial charge in [-0.25, -0.2) is 0 Å². The molecule has 0 atom stereocenters. The lowest BCUT2D eigenvalue weighted by atomic mass is 10.1. The fourth-order valence-electron chi connectivity index (χ4n) is 1.99. The van der Waals surface area contributed by atoms with E-state index in [0.717, 1.165) is 16.0 Å². The Bertz CT molecular complexity index is 687. The molecule has 0 spiro atoms. The Morgan fingerprint density at radius 1 is 1.00 bits per heavy atom. The lowest BCUT2D eigenvalue weighted by Crippen LogP contribution is -2.21. The van der Waals surface area contributed by atoms with E-state index >= 15 is 0 Å². The summed E-state index contributed by atoms with van der Waals surface area (Å²) < 4.78 is 0. The van der Waals surface area contributed by atoms with Crippen molar-refractivity contribution in [1.82, 2.24) is 5.32 Å². The minimum atomic E-state index is -0.207. The smallest absolute Gasteiger partial charge is 0.256 e. The van der Waals surface area contributed by atoms with E-state index < -0.39 is 0 Å². The predicted octanol–water partition coefficient (Wildman–Crippen LogP) is 3.29. The molecule has 2 N–H and O–H groups in total. The van der Waals surface area contributed by atoms with Crippen molar-refractivity contribution in [3.05, 3.63) is 51.4 Å². The third-order valence-electron chi connectivity index (χ3n) is 3.38. The number of anilines is 1. The fraction of sp³-hybridized carbons (Fsp3) is 0.250. The van der Waals surface area contributed by atoms with Crippen LogP contribution in [0.1, 0.15) is 36.7 Å². The molecule has 2 aromatic rings. The molecule has 2 amide bonds. The van der Waals surface area contributed by atoms with Crippen molar-refractivity contribution in [2.24, 2.45) is 0 Å². The van der Waals surface area contributed by atoms with Crippen LogP contribution >= 0.6 is 11.3 Å². The summed E-state index contributed by atoms with van der Waals surface area (Å²) in [6, 6.07) is 7.33. The van der Waals surface area contributed by atoms with Crippen molar-refractivity contribution in [2.45, 2.75) is 20.8 Å². The van der Waals surface area contributed by atoms with Crippen molar-refractivity contribution in [1.29, 1.82) is 0 Å². The maximum absolute atomic E-state index is 12.3. The Morgan fingerprint density at radius 2 is 1.62 bits per heavy atom.